The van der Waals surface area contributed by atoms with Crippen LogP contribution in [0.15, 0.2) is 36.4 Å². The van der Waals surface area contributed by atoms with Gasteiger partial charge in [0.1, 0.15) is 0 Å². The van der Waals surface area contributed by atoms with Gasteiger partial charge in [-0.25, -0.2) is 0 Å². The molecular weight excluding hydrogens is 162 g/mol. The average Bonchev–Trinajstić information content (AvgIpc) is 2.19. The van der Waals surface area contributed by atoms with Gasteiger partial charge >= 0.3 is 0 Å². The number of nitrogens with two attached hydrogens (primary N) is 1. The molecule has 0 aromatic heterocycles. The zero-order valence-electron chi connectivity index (χ0n) is 7.86. The molecular formula is C11H15NO. The van der Waals surface area contributed by atoms with Crippen molar-refractivity contribution in [2.24, 2.45) is 5.73 Å². The molecule has 1 rings (SSSR count). The molecule has 0 aliphatic heterocycles. The minimum Gasteiger partial charge on any atom is -0.380 e. The van der Waals surface area contributed by atoms with Gasteiger partial charge in [-0.2, -0.15) is 0 Å². The van der Waals surface area contributed by atoms with E-state index in [1.54, 1.807) is 7.11 Å². The van der Waals surface area contributed by atoms with E-state index in [0.717, 1.165) is 5.57 Å². The summed E-state index contributed by atoms with van der Waals surface area (Å²) in [6.07, 6.45) is 1.98. The van der Waals surface area contributed by atoms with Crippen molar-refractivity contribution in [3.8, 4) is 0 Å². The van der Waals surface area contributed by atoms with Crippen LogP contribution in [0, 0.1) is 0 Å². The Morgan fingerprint density at radius 1 is 1.38 bits per heavy atom. The molecule has 0 atom stereocenters. The number of hydrogen-bond donors (Lipinski definition) is 1. The van der Waals surface area contributed by atoms with Gasteiger partial charge in [-0.05, 0) is 11.1 Å². The highest BCUT2D eigenvalue weighted by atomic mass is 16.5. The highest BCUT2D eigenvalue weighted by molar-refractivity contribution is 5.66. The molecule has 0 aliphatic carbocycles. The van der Waals surface area contributed by atoms with E-state index >= 15 is 0 Å². The number of methoxy groups -OCH3 is 1. The first-order valence-corrected chi connectivity index (χ1v) is 4.32. The second-order valence-corrected chi connectivity index (χ2v) is 2.76. The van der Waals surface area contributed by atoms with E-state index in [-0.39, 0.29) is 0 Å². The van der Waals surface area contributed by atoms with Crippen LogP contribution in [0.4, 0.5) is 0 Å². The van der Waals surface area contributed by atoms with Crippen molar-refractivity contribution in [2.45, 2.75) is 0 Å². The third kappa shape index (κ3) is 3.01. The zero-order valence-corrected chi connectivity index (χ0v) is 7.86. The Morgan fingerprint density at radius 3 is 2.62 bits per heavy atom. The first-order valence-electron chi connectivity index (χ1n) is 4.32. The van der Waals surface area contributed by atoms with Crippen molar-refractivity contribution >= 4 is 5.57 Å². The standard InChI is InChI=1S/C11H15NO/c1-13-9-11(7-8-12)10-5-3-2-4-6-10/h2-7H,8-9,12H2,1H3/b11-7-. The van der Waals surface area contributed by atoms with Crippen LogP contribution in [0.25, 0.3) is 5.57 Å². The zero-order chi connectivity index (χ0) is 9.52. The average molecular weight is 177 g/mol. The van der Waals surface area contributed by atoms with Crippen LogP contribution in [0.2, 0.25) is 0 Å². The van der Waals surface area contributed by atoms with Crippen molar-refractivity contribution in [3.63, 3.8) is 0 Å². The Kier molecular flexibility index (Phi) is 4.23. The predicted molar refractivity (Wildman–Crippen MR) is 55.3 cm³/mol. The van der Waals surface area contributed by atoms with Gasteiger partial charge < -0.3 is 10.5 Å². The molecule has 13 heavy (non-hydrogen) atoms. The van der Waals surface area contributed by atoms with Gasteiger partial charge in [0.05, 0.1) is 6.61 Å². The lowest BCUT2D eigenvalue weighted by molar-refractivity contribution is 0.239. The van der Waals surface area contributed by atoms with Gasteiger partial charge in [-0.15, -0.1) is 0 Å². The van der Waals surface area contributed by atoms with E-state index in [2.05, 4.69) is 12.1 Å². The van der Waals surface area contributed by atoms with Crippen LogP contribution in [0.5, 0.6) is 0 Å². The summed E-state index contributed by atoms with van der Waals surface area (Å²) in [6, 6.07) is 10.1. The van der Waals surface area contributed by atoms with E-state index in [4.69, 9.17) is 10.5 Å². The lowest BCUT2D eigenvalue weighted by Crippen LogP contribution is -2.00. The van der Waals surface area contributed by atoms with Crippen LogP contribution in [0.3, 0.4) is 0 Å². The van der Waals surface area contributed by atoms with Crippen LogP contribution in [-0.4, -0.2) is 20.3 Å². The van der Waals surface area contributed by atoms with E-state index in [0.29, 0.717) is 13.2 Å². The summed E-state index contributed by atoms with van der Waals surface area (Å²) in [4.78, 5) is 0. The van der Waals surface area contributed by atoms with E-state index in [9.17, 15) is 0 Å². The number of benzene rings is 1. The van der Waals surface area contributed by atoms with E-state index in [1.807, 2.05) is 24.3 Å². The van der Waals surface area contributed by atoms with Crippen LogP contribution in [-0.2, 0) is 4.74 Å². The molecule has 70 valence electrons. The van der Waals surface area contributed by atoms with Crippen molar-refractivity contribution in [1.29, 1.82) is 0 Å². The molecule has 2 heteroatoms. The molecule has 1 aromatic carbocycles. The quantitative estimate of drug-likeness (QED) is 0.759. The fraction of sp³-hybridized carbons (Fsp3) is 0.273. The smallest absolute Gasteiger partial charge is 0.0716 e. The van der Waals surface area contributed by atoms with Crippen molar-refractivity contribution in [3.05, 3.63) is 42.0 Å². The molecule has 0 amide bonds. The predicted octanol–water partition coefficient (Wildman–Crippen LogP) is 1.68. The largest absolute Gasteiger partial charge is 0.380 e. The Labute approximate surface area is 79.0 Å². The summed E-state index contributed by atoms with van der Waals surface area (Å²) in [5, 5.41) is 0. The molecule has 0 saturated heterocycles. The molecule has 2 N–H and O–H groups in total. The van der Waals surface area contributed by atoms with Gasteiger partial charge in [-0.3, -0.25) is 0 Å². The maximum Gasteiger partial charge on any atom is 0.0716 e. The Hall–Kier alpha value is -1.12. The lowest BCUT2D eigenvalue weighted by atomic mass is 10.1. The minimum absolute atomic E-state index is 0.549. The molecule has 0 radical (unpaired) electrons. The first-order chi connectivity index (χ1) is 6.38. The maximum absolute atomic E-state index is 5.47. The maximum atomic E-state index is 5.47. The van der Waals surface area contributed by atoms with Crippen LogP contribution in [0.1, 0.15) is 5.56 Å². The van der Waals surface area contributed by atoms with Crippen molar-refractivity contribution in [1.82, 2.24) is 0 Å². The Morgan fingerprint density at radius 2 is 2.08 bits per heavy atom. The Bertz CT molecular complexity index is 267. The topological polar surface area (TPSA) is 35.2 Å². The highest BCUT2D eigenvalue weighted by Gasteiger charge is 1.98. The highest BCUT2D eigenvalue weighted by Crippen LogP contribution is 2.13. The van der Waals surface area contributed by atoms with E-state index in [1.165, 1.54) is 5.56 Å². The molecule has 0 saturated carbocycles. The molecule has 0 heterocycles. The SMILES string of the molecule is COC/C(=C/CN)c1ccccc1. The van der Waals surface area contributed by atoms with E-state index < -0.39 is 0 Å². The fourth-order valence-corrected chi connectivity index (χ4v) is 1.21. The lowest BCUT2D eigenvalue weighted by Gasteiger charge is -2.05. The van der Waals surface area contributed by atoms with Gasteiger partial charge in [0.15, 0.2) is 0 Å². The fourth-order valence-electron chi connectivity index (χ4n) is 1.21. The summed E-state index contributed by atoms with van der Waals surface area (Å²) in [5.41, 5.74) is 7.78. The molecule has 1 aromatic rings. The number of rotatable bonds is 4. The van der Waals surface area contributed by atoms with Crippen LogP contribution >= 0.6 is 0 Å². The van der Waals surface area contributed by atoms with Crippen molar-refractivity contribution in [2.75, 3.05) is 20.3 Å². The third-order valence-corrected chi connectivity index (χ3v) is 1.81. The molecule has 0 bridgehead atoms. The summed E-state index contributed by atoms with van der Waals surface area (Å²) in [7, 11) is 1.69. The normalized spacial score (nSPS) is 11.7. The van der Waals surface area contributed by atoms with Gasteiger partial charge in [0, 0.05) is 13.7 Å². The van der Waals surface area contributed by atoms with Gasteiger partial charge in [0.25, 0.3) is 0 Å². The van der Waals surface area contributed by atoms with Gasteiger partial charge in [0.2, 0.25) is 0 Å². The molecule has 0 spiro atoms. The monoisotopic (exact) mass is 177 g/mol. The molecule has 0 aliphatic rings. The Balaban J connectivity index is 2.83. The molecule has 0 fully saturated rings. The van der Waals surface area contributed by atoms with Gasteiger partial charge in [-0.1, -0.05) is 36.4 Å². The third-order valence-electron chi connectivity index (χ3n) is 1.81. The summed E-state index contributed by atoms with van der Waals surface area (Å²) in [5.74, 6) is 0. The second-order valence-electron chi connectivity index (χ2n) is 2.76. The van der Waals surface area contributed by atoms with Crippen molar-refractivity contribution < 1.29 is 4.74 Å². The number of hydrogen-bond acceptors (Lipinski definition) is 2. The summed E-state index contributed by atoms with van der Waals surface area (Å²) in [6.45, 7) is 1.16. The first kappa shape index (κ1) is 9.96. The summed E-state index contributed by atoms with van der Waals surface area (Å²) >= 11 is 0. The molecule has 2 nitrogen and oxygen atoms in total. The molecule has 0 unspecified atom stereocenters. The second kappa shape index (κ2) is 5.51. The minimum atomic E-state index is 0.549. The number of ether oxygens (including phenoxy) is 1. The summed E-state index contributed by atoms with van der Waals surface area (Å²) < 4.78 is 5.09. The van der Waals surface area contributed by atoms with Crippen LogP contribution < -0.4 is 5.73 Å².